The summed E-state index contributed by atoms with van der Waals surface area (Å²) in [4.78, 5) is 11.1. The number of aromatic amines is 1. The average Bonchev–Trinajstić information content (AvgIpc) is 2.86. The number of aromatic nitrogens is 2. The minimum Gasteiger partial charge on any atom is -0.353 e. The summed E-state index contributed by atoms with van der Waals surface area (Å²) in [6, 6.07) is 4.12. The molecule has 20 heavy (non-hydrogen) atoms. The highest BCUT2D eigenvalue weighted by Crippen LogP contribution is 2.33. The predicted octanol–water partition coefficient (Wildman–Crippen LogP) is 3.29. The Labute approximate surface area is 122 Å². The molecule has 0 saturated carbocycles. The van der Waals surface area contributed by atoms with Crippen LogP contribution in [0, 0.1) is 0 Å². The van der Waals surface area contributed by atoms with E-state index in [1.807, 2.05) is 18.3 Å². The zero-order chi connectivity index (χ0) is 14.1. The largest absolute Gasteiger partial charge is 0.353 e. The lowest BCUT2D eigenvalue weighted by Gasteiger charge is -2.23. The van der Waals surface area contributed by atoms with Crippen LogP contribution in [0.5, 0.6) is 0 Å². The highest BCUT2D eigenvalue weighted by molar-refractivity contribution is 6.31. The quantitative estimate of drug-likeness (QED) is 0.891. The summed E-state index contributed by atoms with van der Waals surface area (Å²) in [5, 5.41) is 11.8. The molecule has 5 heteroatoms. The third-order valence-electron chi connectivity index (χ3n) is 3.69. The second kappa shape index (κ2) is 5.29. The van der Waals surface area contributed by atoms with Gasteiger partial charge in [-0.25, -0.2) is 0 Å². The van der Waals surface area contributed by atoms with Crippen molar-refractivity contribution in [1.29, 1.82) is 0 Å². The number of halogens is 1. The van der Waals surface area contributed by atoms with Crippen LogP contribution in [0.3, 0.4) is 0 Å². The monoisotopic (exact) mass is 289 g/mol. The van der Waals surface area contributed by atoms with Gasteiger partial charge in [-0.15, -0.1) is 0 Å². The van der Waals surface area contributed by atoms with Crippen molar-refractivity contribution in [3.05, 3.63) is 35.0 Å². The lowest BCUT2D eigenvalue weighted by Crippen LogP contribution is -2.33. The van der Waals surface area contributed by atoms with Crippen molar-refractivity contribution in [3.8, 4) is 0 Å². The summed E-state index contributed by atoms with van der Waals surface area (Å²) in [6.07, 6.45) is 6.79. The Balaban J connectivity index is 1.91. The molecule has 4 nitrogen and oxygen atoms in total. The Morgan fingerprint density at radius 1 is 1.50 bits per heavy atom. The lowest BCUT2D eigenvalue weighted by molar-refractivity contribution is -0.119. The smallest absolute Gasteiger partial charge is 0.217 e. The normalized spacial score (nSPS) is 18.9. The molecular formula is C15H16ClN3O. The first kappa shape index (κ1) is 13.2. The highest BCUT2D eigenvalue weighted by atomic mass is 35.5. The van der Waals surface area contributed by atoms with Crippen molar-refractivity contribution in [2.24, 2.45) is 0 Å². The topological polar surface area (TPSA) is 57.8 Å². The fourth-order valence-electron chi connectivity index (χ4n) is 2.78. The van der Waals surface area contributed by atoms with Crippen molar-refractivity contribution in [2.45, 2.75) is 32.2 Å². The van der Waals surface area contributed by atoms with Crippen molar-refractivity contribution < 1.29 is 4.79 Å². The molecule has 104 valence electrons. The standard InChI is InChI=1S/C15H16ClN3O/c1-9(20)18-12-4-2-10(3-5-12)13-6-11(16)7-15-14(13)8-17-19-15/h2,6-8,12H,3-5H2,1H3,(H,17,19)(H,18,20). The molecule has 0 spiro atoms. The maximum Gasteiger partial charge on any atom is 0.217 e. The summed E-state index contributed by atoms with van der Waals surface area (Å²) >= 11 is 6.17. The number of carbonyl (C=O) groups excluding carboxylic acids is 1. The van der Waals surface area contributed by atoms with Crippen LogP contribution in [-0.4, -0.2) is 22.1 Å². The van der Waals surface area contributed by atoms with E-state index in [0.29, 0.717) is 5.02 Å². The fraction of sp³-hybridized carbons (Fsp3) is 0.333. The Kier molecular flexibility index (Phi) is 3.49. The van der Waals surface area contributed by atoms with E-state index in [-0.39, 0.29) is 11.9 Å². The second-order valence-corrected chi connectivity index (χ2v) is 5.62. The number of nitrogens with zero attached hydrogens (tertiary/aromatic N) is 1. The molecule has 3 rings (SSSR count). The number of H-pyrrole nitrogens is 1. The van der Waals surface area contributed by atoms with Crippen LogP contribution >= 0.6 is 11.6 Å². The molecule has 1 heterocycles. The van der Waals surface area contributed by atoms with Gasteiger partial charge in [0.2, 0.25) is 5.91 Å². The average molecular weight is 290 g/mol. The summed E-state index contributed by atoms with van der Waals surface area (Å²) < 4.78 is 0. The van der Waals surface area contributed by atoms with E-state index in [1.54, 1.807) is 6.92 Å². The molecule has 1 amide bonds. The third-order valence-corrected chi connectivity index (χ3v) is 3.91. The molecule has 0 saturated heterocycles. The van der Waals surface area contributed by atoms with E-state index in [0.717, 1.165) is 35.7 Å². The maximum atomic E-state index is 11.1. The van der Waals surface area contributed by atoms with E-state index in [9.17, 15) is 4.79 Å². The maximum absolute atomic E-state index is 11.1. The molecule has 2 aromatic rings. The van der Waals surface area contributed by atoms with E-state index in [1.165, 1.54) is 5.57 Å². The molecular weight excluding hydrogens is 274 g/mol. The van der Waals surface area contributed by atoms with Crippen LogP contribution in [0.1, 0.15) is 31.7 Å². The van der Waals surface area contributed by atoms with Gasteiger partial charge in [-0.1, -0.05) is 17.7 Å². The summed E-state index contributed by atoms with van der Waals surface area (Å²) in [6.45, 7) is 1.56. The van der Waals surface area contributed by atoms with Gasteiger partial charge < -0.3 is 5.32 Å². The van der Waals surface area contributed by atoms with Gasteiger partial charge in [-0.3, -0.25) is 9.89 Å². The van der Waals surface area contributed by atoms with Gasteiger partial charge in [0, 0.05) is 23.4 Å². The van der Waals surface area contributed by atoms with E-state index in [2.05, 4.69) is 21.6 Å². The minimum atomic E-state index is 0.0341. The molecule has 1 aliphatic rings. The number of hydrogen-bond acceptors (Lipinski definition) is 2. The molecule has 0 bridgehead atoms. The van der Waals surface area contributed by atoms with Crippen molar-refractivity contribution in [3.63, 3.8) is 0 Å². The molecule has 2 N–H and O–H groups in total. The van der Waals surface area contributed by atoms with Crippen molar-refractivity contribution in [1.82, 2.24) is 15.5 Å². The number of allylic oxidation sites excluding steroid dienone is 1. The van der Waals surface area contributed by atoms with Crippen molar-refractivity contribution >= 4 is 34.0 Å². The number of amides is 1. The molecule has 0 aliphatic heterocycles. The van der Waals surface area contributed by atoms with Gasteiger partial charge in [0.05, 0.1) is 11.7 Å². The zero-order valence-corrected chi connectivity index (χ0v) is 12.0. The molecule has 1 atom stereocenters. The van der Waals surface area contributed by atoms with Crippen LogP contribution in [-0.2, 0) is 4.79 Å². The predicted molar refractivity (Wildman–Crippen MR) is 80.5 cm³/mol. The Hall–Kier alpha value is -1.81. The number of hydrogen-bond donors (Lipinski definition) is 2. The number of carbonyl (C=O) groups is 1. The number of fused-ring (bicyclic) bond motifs is 1. The highest BCUT2D eigenvalue weighted by Gasteiger charge is 2.18. The Morgan fingerprint density at radius 3 is 3.05 bits per heavy atom. The van der Waals surface area contributed by atoms with Crippen LogP contribution < -0.4 is 5.32 Å². The summed E-state index contributed by atoms with van der Waals surface area (Å²) in [5.41, 5.74) is 3.38. The van der Waals surface area contributed by atoms with Crippen LogP contribution in [0.25, 0.3) is 16.5 Å². The first-order valence-corrected chi connectivity index (χ1v) is 7.10. The van der Waals surface area contributed by atoms with E-state index >= 15 is 0 Å². The Morgan fingerprint density at radius 2 is 2.35 bits per heavy atom. The van der Waals surface area contributed by atoms with Crippen LogP contribution in [0.15, 0.2) is 24.4 Å². The Bertz CT molecular complexity index is 689. The zero-order valence-electron chi connectivity index (χ0n) is 11.2. The summed E-state index contributed by atoms with van der Waals surface area (Å²) in [5.74, 6) is 0.0341. The van der Waals surface area contributed by atoms with E-state index in [4.69, 9.17) is 11.6 Å². The minimum absolute atomic E-state index is 0.0341. The molecule has 0 radical (unpaired) electrons. The molecule has 1 aromatic heterocycles. The van der Waals surface area contributed by atoms with Gasteiger partial charge in [0.15, 0.2) is 0 Å². The lowest BCUT2D eigenvalue weighted by atomic mass is 9.89. The second-order valence-electron chi connectivity index (χ2n) is 5.19. The fourth-order valence-corrected chi connectivity index (χ4v) is 3.00. The molecule has 1 unspecified atom stereocenters. The number of nitrogens with one attached hydrogen (secondary N) is 2. The SMILES string of the molecule is CC(=O)NC1CC=C(c2cc(Cl)cc3[nH]ncc23)CC1. The van der Waals surface area contributed by atoms with Gasteiger partial charge >= 0.3 is 0 Å². The number of rotatable bonds is 2. The first-order chi connectivity index (χ1) is 9.63. The first-order valence-electron chi connectivity index (χ1n) is 6.72. The number of benzene rings is 1. The molecule has 1 aliphatic carbocycles. The van der Waals surface area contributed by atoms with Gasteiger partial charge in [-0.05, 0) is 42.5 Å². The summed E-state index contributed by atoms with van der Waals surface area (Å²) in [7, 11) is 0. The van der Waals surface area contributed by atoms with Crippen LogP contribution in [0.4, 0.5) is 0 Å². The van der Waals surface area contributed by atoms with Crippen molar-refractivity contribution in [2.75, 3.05) is 0 Å². The van der Waals surface area contributed by atoms with E-state index < -0.39 is 0 Å². The third kappa shape index (κ3) is 2.56. The van der Waals surface area contributed by atoms with Gasteiger partial charge in [0.1, 0.15) is 0 Å². The van der Waals surface area contributed by atoms with Crippen LogP contribution in [0.2, 0.25) is 5.02 Å². The van der Waals surface area contributed by atoms with Gasteiger partial charge in [-0.2, -0.15) is 5.10 Å². The molecule has 1 aromatic carbocycles. The molecule has 0 fully saturated rings. The van der Waals surface area contributed by atoms with Gasteiger partial charge in [0.25, 0.3) is 0 Å².